The fraction of sp³-hybridized carbons (Fsp3) is 0.143. The fourth-order valence-electron chi connectivity index (χ4n) is 2.19. The Balaban J connectivity index is 2.34. The molecule has 0 saturated heterocycles. The normalized spacial score (nSPS) is 10.7. The van der Waals surface area contributed by atoms with Crippen LogP contribution in [0.4, 0.5) is 0 Å². The molecule has 0 fully saturated rings. The molecule has 0 spiro atoms. The van der Waals surface area contributed by atoms with Gasteiger partial charge in [0.05, 0.1) is 0 Å². The number of aromatic nitrogens is 3. The highest BCUT2D eigenvalue weighted by Gasteiger charge is 2.16. The van der Waals surface area contributed by atoms with E-state index in [1.807, 2.05) is 49.0 Å². The number of hydrogen-bond acceptors (Lipinski definition) is 2. The van der Waals surface area contributed by atoms with Gasteiger partial charge in [-0.05, 0) is 13.0 Å². The van der Waals surface area contributed by atoms with Gasteiger partial charge in [0.15, 0.2) is 0 Å². The second kappa shape index (κ2) is 3.74. The van der Waals surface area contributed by atoms with E-state index in [4.69, 9.17) is 0 Å². The Kier molecular flexibility index (Phi) is 2.20. The Hall–Kier alpha value is -2.54. The minimum Gasteiger partial charge on any atom is -0.360 e. The molecule has 3 aromatic rings. The highest BCUT2D eigenvalue weighted by atomic mass is 15.1. The molecule has 1 N–H and O–H groups in total. The lowest BCUT2D eigenvalue weighted by molar-refractivity contribution is 0.845. The molecular formula is C14H12N4. The maximum atomic E-state index is 9.26. The Morgan fingerprint density at radius 3 is 2.89 bits per heavy atom. The first-order valence-electron chi connectivity index (χ1n) is 5.72. The van der Waals surface area contributed by atoms with Crippen LogP contribution in [0, 0.1) is 18.3 Å². The summed E-state index contributed by atoms with van der Waals surface area (Å²) in [6.45, 7) is 1.90. The van der Waals surface area contributed by atoms with Crippen molar-refractivity contribution < 1.29 is 0 Å². The highest BCUT2D eigenvalue weighted by Crippen LogP contribution is 2.30. The first-order chi connectivity index (χ1) is 8.72. The van der Waals surface area contributed by atoms with Crippen molar-refractivity contribution in [2.45, 2.75) is 6.92 Å². The predicted molar refractivity (Wildman–Crippen MR) is 70.0 cm³/mol. The minimum absolute atomic E-state index is 0.595. The van der Waals surface area contributed by atoms with Crippen molar-refractivity contribution in [2.75, 3.05) is 0 Å². The van der Waals surface area contributed by atoms with Crippen molar-refractivity contribution in [2.24, 2.45) is 7.05 Å². The molecule has 18 heavy (non-hydrogen) atoms. The number of fused-ring (bicyclic) bond motifs is 1. The van der Waals surface area contributed by atoms with Crippen molar-refractivity contribution in [3.05, 3.63) is 42.0 Å². The van der Waals surface area contributed by atoms with E-state index >= 15 is 0 Å². The number of hydrogen-bond donors (Lipinski definition) is 1. The minimum atomic E-state index is 0.595. The van der Waals surface area contributed by atoms with Crippen LogP contribution in [0.5, 0.6) is 0 Å². The first-order valence-corrected chi connectivity index (χ1v) is 5.72. The van der Waals surface area contributed by atoms with E-state index in [1.165, 1.54) is 0 Å². The molecule has 0 aliphatic rings. The van der Waals surface area contributed by atoms with Gasteiger partial charge in [-0.1, -0.05) is 18.2 Å². The number of benzene rings is 1. The van der Waals surface area contributed by atoms with E-state index in [1.54, 1.807) is 0 Å². The third-order valence-electron chi connectivity index (χ3n) is 3.27. The summed E-state index contributed by atoms with van der Waals surface area (Å²) in [5.41, 5.74) is 3.37. The standard InChI is InChI=1S/C14H12N4/c1-9-17-14(13(7-15)18(9)2)11-8-16-12-6-4-3-5-10(11)12/h3-6,8,16H,1-2H3. The van der Waals surface area contributed by atoms with Crippen LogP contribution in [0.3, 0.4) is 0 Å². The monoisotopic (exact) mass is 236 g/mol. The Bertz CT molecular complexity index is 771. The van der Waals surface area contributed by atoms with Gasteiger partial charge < -0.3 is 9.55 Å². The summed E-state index contributed by atoms with van der Waals surface area (Å²) in [5.74, 6) is 0.840. The predicted octanol–water partition coefficient (Wildman–Crippen LogP) is 2.75. The number of H-pyrrole nitrogens is 1. The number of nitrogens with one attached hydrogen (secondary N) is 1. The lowest BCUT2D eigenvalue weighted by Gasteiger charge is -1.96. The van der Waals surface area contributed by atoms with Crippen LogP contribution in [-0.2, 0) is 7.05 Å². The first kappa shape index (κ1) is 10.6. The zero-order chi connectivity index (χ0) is 12.7. The summed E-state index contributed by atoms with van der Waals surface area (Å²) >= 11 is 0. The molecule has 88 valence electrons. The van der Waals surface area contributed by atoms with E-state index in [9.17, 15) is 5.26 Å². The Morgan fingerprint density at radius 2 is 2.11 bits per heavy atom. The largest absolute Gasteiger partial charge is 0.360 e. The molecule has 0 bridgehead atoms. The Labute approximate surface area is 105 Å². The third kappa shape index (κ3) is 1.34. The van der Waals surface area contributed by atoms with E-state index in [0.717, 1.165) is 28.0 Å². The average molecular weight is 236 g/mol. The van der Waals surface area contributed by atoms with Crippen molar-refractivity contribution in [3.8, 4) is 17.3 Å². The molecule has 0 radical (unpaired) electrons. The molecule has 0 aliphatic heterocycles. The average Bonchev–Trinajstić information content (AvgIpc) is 2.92. The number of imidazole rings is 1. The van der Waals surface area contributed by atoms with E-state index < -0.39 is 0 Å². The number of aryl methyl sites for hydroxylation is 1. The molecule has 2 aromatic heterocycles. The second-order valence-electron chi connectivity index (χ2n) is 4.27. The zero-order valence-corrected chi connectivity index (χ0v) is 10.2. The van der Waals surface area contributed by atoms with Gasteiger partial charge in [0.25, 0.3) is 0 Å². The van der Waals surface area contributed by atoms with Gasteiger partial charge in [-0.25, -0.2) is 4.98 Å². The Morgan fingerprint density at radius 1 is 1.33 bits per heavy atom. The summed E-state index contributed by atoms with van der Waals surface area (Å²) in [7, 11) is 1.86. The summed E-state index contributed by atoms with van der Waals surface area (Å²) < 4.78 is 1.82. The summed E-state index contributed by atoms with van der Waals surface area (Å²) in [6, 6.07) is 10.2. The quantitative estimate of drug-likeness (QED) is 0.706. The molecule has 0 amide bonds. The number of para-hydroxylation sites is 1. The van der Waals surface area contributed by atoms with Gasteiger partial charge in [-0.3, -0.25) is 0 Å². The highest BCUT2D eigenvalue weighted by molar-refractivity contribution is 5.95. The van der Waals surface area contributed by atoms with Gasteiger partial charge in [-0.2, -0.15) is 5.26 Å². The SMILES string of the molecule is Cc1nc(-c2c[nH]c3ccccc23)c(C#N)n1C. The van der Waals surface area contributed by atoms with Crippen LogP contribution in [0.15, 0.2) is 30.5 Å². The second-order valence-corrected chi connectivity index (χ2v) is 4.27. The van der Waals surface area contributed by atoms with Crippen molar-refractivity contribution >= 4 is 10.9 Å². The molecule has 4 nitrogen and oxygen atoms in total. The maximum Gasteiger partial charge on any atom is 0.148 e. The number of rotatable bonds is 1. The van der Waals surface area contributed by atoms with Crippen molar-refractivity contribution in [1.82, 2.24) is 14.5 Å². The number of aromatic amines is 1. The van der Waals surface area contributed by atoms with Gasteiger partial charge in [-0.15, -0.1) is 0 Å². The third-order valence-corrected chi connectivity index (χ3v) is 3.27. The van der Waals surface area contributed by atoms with Gasteiger partial charge in [0.2, 0.25) is 0 Å². The van der Waals surface area contributed by atoms with E-state index in [-0.39, 0.29) is 0 Å². The van der Waals surface area contributed by atoms with Crippen LogP contribution in [0.2, 0.25) is 0 Å². The van der Waals surface area contributed by atoms with Gasteiger partial charge in [0, 0.05) is 29.7 Å². The maximum absolute atomic E-state index is 9.26. The van der Waals surface area contributed by atoms with Crippen LogP contribution >= 0.6 is 0 Å². The summed E-state index contributed by atoms with van der Waals surface area (Å²) in [4.78, 5) is 7.70. The van der Waals surface area contributed by atoms with E-state index in [0.29, 0.717) is 5.69 Å². The van der Waals surface area contributed by atoms with Crippen molar-refractivity contribution in [3.63, 3.8) is 0 Å². The lowest BCUT2D eigenvalue weighted by Crippen LogP contribution is -1.94. The smallest absolute Gasteiger partial charge is 0.148 e. The molecular weight excluding hydrogens is 224 g/mol. The van der Waals surface area contributed by atoms with Crippen LogP contribution < -0.4 is 0 Å². The topological polar surface area (TPSA) is 57.4 Å². The fourth-order valence-corrected chi connectivity index (χ4v) is 2.19. The van der Waals surface area contributed by atoms with Gasteiger partial charge >= 0.3 is 0 Å². The summed E-state index contributed by atoms with van der Waals surface area (Å²) in [5, 5.41) is 10.4. The zero-order valence-electron chi connectivity index (χ0n) is 10.2. The molecule has 3 rings (SSSR count). The van der Waals surface area contributed by atoms with Crippen LogP contribution in [0.1, 0.15) is 11.5 Å². The lowest BCUT2D eigenvalue weighted by atomic mass is 10.1. The number of nitrogens with zero attached hydrogens (tertiary/aromatic N) is 3. The van der Waals surface area contributed by atoms with Crippen molar-refractivity contribution in [1.29, 1.82) is 5.26 Å². The molecule has 2 heterocycles. The molecule has 4 heteroatoms. The molecule has 0 saturated carbocycles. The molecule has 1 aromatic carbocycles. The molecule has 0 unspecified atom stereocenters. The van der Waals surface area contributed by atoms with E-state index in [2.05, 4.69) is 16.0 Å². The van der Waals surface area contributed by atoms with Gasteiger partial charge in [0.1, 0.15) is 23.3 Å². The number of nitriles is 1. The summed E-state index contributed by atoms with van der Waals surface area (Å²) in [6.07, 6.45) is 1.91. The molecule has 0 aliphatic carbocycles. The molecule has 0 atom stereocenters. The van der Waals surface area contributed by atoms with Crippen LogP contribution in [0.25, 0.3) is 22.2 Å². The van der Waals surface area contributed by atoms with Crippen LogP contribution in [-0.4, -0.2) is 14.5 Å².